The van der Waals surface area contributed by atoms with Gasteiger partial charge in [0.25, 0.3) is 0 Å². The molecule has 0 aliphatic heterocycles. The zero-order valence-corrected chi connectivity index (χ0v) is 10.8. The molecule has 1 saturated carbocycles. The molecule has 2 amide bonds. The molecule has 0 aromatic heterocycles. The Morgan fingerprint density at radius 2 is 2.00 bits per heavy atom. The van der Waals surface area contributed by atoms with Crippen molar-refractivity contribution in [2.45, 2.75) is 52.1 Å². The van der Waals surface area contributed by atoms with Crippen LogP contribution in [0.5, 0.6) is 0 Å². The standard InChI is InChI=1S/C12H22N2O3/c1-4-10(11(15)16)13-12(17)14(7-8(2)3)9-5-6-9/h8-10H,4-7H2,1-3H3,(H,13,17)(H,15,16)/t10-/m1/s1. The summed E-state index contributed by atoms with van der Waals surface area (Å²) < 4.78 is 0. The lowest BCUT2D eigenvalue weighted by atomic mass is 10.2. The van der Waals surface area contributed by atoms with Crippen LogP contribution >= 0.6 is 0 Å². The summed E-state index contributed by atoms with van der Waals surface area (Å²) in [6.45, 7) is 6.55. The van der Waals surface area contributed by atoms with Crippen LogP contribution in [-0.4, -0.2) is 40.6 Å². The Labute approximate surface area is 102 Å². The summed E-state index contributed by atoms with van der Waals surface area (Å²) >= 11 is 0. The van der Waals surface area contributed by atoms with Crippen LogP contribution in [0.1, 0.15) is 40.0 Å². The predicted octanol–water partition coefficient (Wildman–Crippen LogP) is 1.68. The molecule has 1 aliphatic carbocycles. The highest BCUT2D eigenvalue weighted by atomic mass is 16.4. The first kappa shape index (κ1) is 13.8. The summed E-state index contributed by atoms with van der Waals surface area (Å²) in [5.41, 5.74) is 0. The molecule has 1 fully saturated rings. The molecule has 1 rings (SSSR count). The van der Waals surface area contributed by atoms with E-state index in [-0.39, 0.29) is 6.03 Å². The molecular formula is C12H22N2O3. The van der Waals surface area contributed by atoms with E-state index in [9.17, 15) is 9.59 Å². The first-order valence-electron chi connectivity index (χ1n) is 6.25. The first-order valence-corrected chi connectivity index (χ1v) is 6.25. The van der Waals surface area contributed by atoms with Crippen LogP contribution in [0.4, 0.5) is 4.79 Å². The van der Waals surface area contributed by atoms with Gasteiger partial charge in [0.05, 0.1) is 0 Å². The fourth-order valence-corrected chi connectivity index (χ4v) is 1.75. The molecule has 5 nitrogen and oxygen atoms in total. The highest BCUT2D eigenvalue weighted by Gasteiger charge is 2.34. The average molecular weight is 242 g/mol. The van der Waals surface area contributed by atoms with Crippen molar-refractivity contribution < 1.29 is 14.7 Å². The minimum Gasteiger partial charge on any atom is -0.480 e. The summed E-state index contributed by atoms with van der Waals surface area (Å²) in [4.78, 5) is 24.6. The van der Waals surface area contributed by atoms with E-state index in [1.165, 1.54) is 0 Å². The molecule has 5 heteroatoms. The largest absolute Gasteiger partial charge is 0.480 e. The number of carbonyl (C=O) groups is 2. The molecule has 0 saturated heterocycles. The number of carboxylic acid groups (broad SMARTS) is 1. The van der Waals surface area contributed by atoms with Crippen molar-refractivity contribution in [1.29, 1.82) is 0 Å². The molecule has 0 unspecified atom stereocenters. The third-order valence-corrected chi connectivity index (χ3v) is 2.81. The Bertz CT molecular complexity index is 287. The van der Waals surface area contributed by atoms with Gasteiger partial charge in [0.2, 0.25) is 0 Å². The van der Waals surface area contributed by atoms with Crippen LogP contribution in [-0.2, 0) is 4.79 Å². The SMILES string of the molecule is CC[C@@H](NC(=O)N(CC(C)C)C1CC1)C(=O)O. The average Bonchev–Trinajstić information content (AvgIpc) is 3.05. The summed E-state index contributed by atoms with van der Waals surface area (Å²) in [6.07, 6.45) is 2.47. The van der Waals surface area contributed by atoms with E-state index in [1.54, 1.807) is 11.8 Å². The zero-order chi connectivity index (χ0) is 13.0. The Morgan fingerprint density at radius 1 is 1.41 bits per heavy atom. The number of hydrogen-bond donors (Lipinski definition) is 2. The molecule has 0 bridgehead atoms. The first-order chi connectivity index (χ1) is 7.95. The summed E-state index contributed by atoms with van der Waals surface area (Å²) in [6, 6.07) is -0.713. The van der Waals surface area contributed by atoms with Crippen LogP contribution in [0, 0.1) is 5.92 Å². The monoisotopic (exact) mass is 242 g/mol. The van der Waals surface area contributed by atoms with Gasteiger partial charge in [0.15, 0.2) is 0 Å². The van der Waals surface area contributed by atoms with Crippen LogP contribution in [0.25, 0.3) is 0 Å². The van der Waals surface area contributed by atoms with Gasteiger partial charge < -0.3 is 15.3 Å². The molecule has 1 aliphatic rings. The maximum Gasteiger partial charge on any atom is 0.326 e. The number of urea groups is 1. The van der Waals surface area contributed by atoms with E-state index in [2.05, 4.69) is 19.2 Å². The highest BCUT2D eigenvalue weighted by molar-refractivity contribution is 5.82. The van der Waals surface area contributed by atoms with E-state index < -0.39 is 12.0 Å². The van der Waals surface area contributed by atoms with E-state index in [1.807, 2.05) is 0 Å². The number of carbonyl (C=O) groups excluding carboxylic acids is 1. The Kier molecular flexibility index (Phi) is 4.78. The fourth-order valence-electron chi connectivity index (χ4n) is 1.75. The van der Waals surface area contributed by atoms with Gasteiger partial charge in [-0.2, -0.15) is 0 Å². The van der Waals surface area contributed by atoms with Crippen LogP contribution in [0.3, 0.4) is 0 Å². The second-order valence-corrected chi connectivity index (χ2v) is 5.03. The second-order valence-electron chi connectivity index (χ2n) is 5.03. The quantitative estimate of drug-likeness (QED) is 0.744. The van der Waals surface area contributed by atoms with Crippen molar-refractivity contribution in [2.24, 2.45) is 5.92 Å². The number of amides is 2. The van der Waals surface area contributed by atoms with Gasteiger partial charge in [-0.25, -0.2) is 9.59 Å². The minimum atomic E-state index is -0.971. The summed E-state index contributed by atoms with van der Waals surface area (Å²) in [5.74, 6) is -0.576. The van der Waals surface area contributed by atoms with Crippen molar-refractivity contribution in [3.05, 3.63) is 0 Å². The molecule has 2 N–H and O–H groups in total. The second kappa shape index (κ2) is 5.89. The van der Waals surface area contributed by atoms with E-state index in [0.29, 0.717) is 24.9 Å². The van der Waals surface area contributed by atoms with E-state index in [4.69, 9.17) is 5.11 Å². The predicted molar refractivity (Wildman–Crippen MR) is 64.8 cm³/mol. The smallest absolute Gasteiger partial charge is 0.326 e. The normalized spacial score (nSPS) is 16.7. The molecule has 0 heterocycles. The van der Waals surface area contributed by atoms with Gasteiger partial charge in [0, 0.05) is 12.6 Å². The number of nitrogens with one attached hydrogen (secondary N) is 1. The topological polar surface area (TPSA) is 69.6 Å². The number of rotatable bonds is 6. The van der Waals surface area contributed by atoms with Crippen molar-refractivity contribution in [3.63, 3.8) is 0 Å². The Hall–Kier alpha value is -1.26. The molecule has 0 aromatic rings. The third-order valence-electron chi connectivity index (χ3n) is 2.81. The number of aliphatic carboxylic acids is 1. The molecule has 0 radical (unpaired) electrons. The minimum absolute atomic E-state index is 0.240. The van der Waals surface area contributed by atoms with Gasteiger partial charge in [-0.15, -0.1) is 0 Å². The summed E-state index contributed by atoms with van der Waals surface area (Å²) in [7, 11) is 0. The van der Waals surface area contributed by atoms with E-state index >= 15 is 0 Å². The highest BCUT2D eigenvalue weighted by Crippen LogP contribution is 2.27. The lowest BCUT2D eigenvalue weighted by molar-refractivity contribution is -0.139. The van der Waals surface area contributed by atoms with Crippen LogP contribution in [0.2, 0.25) is 0 Å². The Morgan fingerprint density at radius 3 is 2.35 bits per heavy atom. The third kappa shape index (κ3) is 4.24. The number of carboxylic acids is 1. The summed E-state index contributed by atoms with van der Waals surface area (Å²) in [5, 5.41) is 11.5. The molecule has 1 atom stereocenters. The van der Waals surface area contributed by atoms with Gasteiger partial charge >= 0.3 is 12.0 Å². The van der Waals surface area contributed by atoms with Gasteiger partial charge in [-0.3, -0.25) is 0 Å². The van der Waals surface area contributed by atoms with Crippen LogP contribution < -0.4 is 5.32 Å². The van der Waals surface area contributed by atoms with Crippen molar-refractivity contribution in [2.75, 3.05) is 6.54 Å². The lowest BCUT2D eigenvalue weighted by Gasteiger charge is -2.26. The maximum absolute atomic E-state index is 12.0. The van der Waals surface area contributed by atoms with Crippen molar-refractivity contribution in [1.82, 2.24) is 10.2 Å². The van der Waals surface area contributed by atoms with E-state index in [0.717, 1.165) is 12.8 Å². The molecule has 17 heavy (non-hydrogen) atoms. The zero-order valence-electron chi connectivity index (χ0n) is 10.8. The molecule has 0 spiro atoms. The maximum atomic E-state index is 12.0. The van der Waals surface area contributed by atoms with Crippen molar-refractivity contribution in [3.8, 4) is 0 Å². The van der Waals surface area contributed by atoms with Crippen molar-refractivity contribution >= 4 is 12.0 Å². The number of nitrogens with zero attached hydrogens (tertiary/aromatic N) is 1. The fraction of sp³-hybridized carbons (Fsp3) is 0.833. The van der Waals surface area contributed by atoms with Crippen LogP contribution in [0.15, 0.2) is 0 Å². The van der Waals surface area contributed by atoms with Gasteiger partial charge in [-0.1, -0.05) is 20.8 Å². The van der Waals surface area contributed by atoms with Gasteiger partial charge in [-0.05, 0) is 25.2 Å². The molecule has 0 aromatic carbocycles. The lowest BCUT2D eigenvalue weighted by Crippen LogP contribution is -2.49. The Balaban J connectivity index is 2.55. The molecular weight excluding hydrogens is 220 g/mol. The van der Waals surface area contributed by atoms with Gasteiger partial charge in [0.1, 0.15) is 6.04 Å². The number of hydrogen-bond acceptors (Lipinski definition) is 2. The molecule has 98 valence electrons.